The smallest absolute Gasteiger partial charge is 0.311 e. The minimum absolute atomic E-state index is 0.00260. The maximum atomic E-state index is 11.8. The second-order valence-corrected chi connectivity index (χ2v) is 7.47. The van der Waals surface area contributed by atoms with Gasteiger partial charge in [-0.05, 0) is 16.5 Å². The molecule has 1 aliphatic rings. The Morgan fingerprint density at radius 1 is 1.37 bits per heavy atom. The normalized spacial score (nSPS) is 16.3. The Kier molecular flexibility index (Phi) is 4.66. The van der Waals surface area contributed by atoms with E-state index in [0.29, 0.717) is 16.8 Å². The van der Waals surface area contributed by atoms with Gasteiger partial charge in [-0.3, -0.25) is 9.89 Å². The summed E-state index contributed by atoms with van der Waals surface area (Å²) >= 11 is 0. The molecule has 1 aliphatic heterocycles. The predicted octanol–water partition coefficient (Wildman–Crippen LogP) is 2.64. The molecule has 0 saturated carbocycles. The average molecular weight is 366 g/mol. The Bertz CT molecular complexity index is 943. The van der Waals surface area contributed by atoms with Crippen LogP contribution < -0.4 is 10.5 Å². The number of H-pyrrole nitrogens is 1. The van der Waals surface area contributed by atoms with E-state index < -0.39 is 11.9 Å². The highest BCUT2D eigenvalue weighted by molar-refractivity contribution is 5.73. The van der Waals surface area contributed by atoms with Crippen LogP contribution in [-0.4, -0.2) is 23.3 Å². The number of nitrogens with zero attached hydrogens (tertiary/aromatic N) is 2. The first kappa shape index (κ1) is 18.5. The van der Waals surface area contributed by atoms with E-state index in [1.54, 1.807) is 0 Å². The van der Waals surface area contributed by atoms with Gasteiger partial charge in [-0.25, -0.2) is 0 Å². The van der Waals surface area contributed by atoms with Gasteiger partial charge in [0, 0.05) is 0 Å². The van der Waals surface area contributed by atoms with Crippen molar-refractivity contribution in [2.45, 2.75) is 38.5 Å². The number of allylic oxidation sites excluding steroid dienone is 1. The molecule has 2 aromatic rings. The molecule has 0 saturated heterocycles. The summed E-state index contributed by atoms with van der Waals surface area (Å²) in [6.45, 7) is 6.41. The van der Waals surface area contributed by atoms with E-state index >= 15 is 0 Å². The number of hydrogen-bond acceptors (Lipinski definition) is 6. The van der Waals surface area contributed by atoms with Crippen molar-refractivity contribution in [3.63, 3.8) is 0 Å². The van der Waals surface area contributed by atoms with Crippen molar-refractivity contribution >= 4 is 5.97 Å². The molecule has 27 heavy (non-hydrogen) atoms. The first-order valence-electron chi connectivity index (χ1n) is 8.58. The van der Waals surface area contributed by atoms with Crippen LogP contribution >= 0.6 is 0 Å². The lowest BCUT2D eigenvalue weighted by Gasteiger charge is -2.25. The van der Waals surface area contributed by atoms with Crippen molar-refractivity contribution in [3.05, 3.63) is 58.1 Å². The molecule has 7 nitrogen and oxygen atoms in total. The van der Waals surface area contributed by atoms with Crippen molar-refractivity contribution in [2.24, 2.45) is 5.73 Å². The Hall–Kier alpha value is -3.27. The maximum Gasteiger partial charge on any atom is 0.311 e. The van der Waals surface area contributed by atoms with E-state index in [2.05, 4.69) is 37.0 Å². The Morgan fingerprint density at radius 3 is 2.59 bits per heavy atom. The monoisotopic (exact) mass is 366 g/mol. The van der Waals surface area contributed by atoms with Crippen molar-refractivity contribution in [1.29, 1.82) is 5.26 Å². The molecule has 0 fully saturated rings. The summed E-state index contributed by atoms with van der Waals surface area (Å²) in [6.07, 6.45) is -0.00260. The lowest BCUT2D eigenvalue weighted by molar-refractivity contribution is -0.139. The number of aromatic amines is 1. The van der Waals surface area contributed by atoms with Crippen LogP contribution in [0.15, 0.2) is 35.7 Å². The molecule has 0 radical (unpaired) electrons. The molecule has 0 unspecified atom stereocenters. The fraction of sp³-hybridized carbons (Fsp3) is 0.350. The fourth-order valence-electron chi connectivity index (χ4n) is 3.17. The van der Waals surface area contributed by atoms with Crippen LogP contribution in [0.1, 0.15) is 49.1 Å². The number of ether oxygens (including phenoxy) is 2. The second-order valence-electron chi connectivity index (χ2n) is 7.47. The molecule has 1 aromatic carbocycles. The molecule has 3 N–H and O–H groups in total. The number of carbonyl (C=O) groups is 1. The highest BCUT2D eigenvalue weighted by atomic mass is 16.5. The number of fused-ring (bicyclic) bond motifs is 1. The lowest BCUT2D eigenvalue weighted by atomic mass is 9.81. The van der Waals surface area contributed by atoms with Gasteiger partial charge in [0.25, 0.3) is 0 Å². The summed E-state index contributed by atoms with van der Waals surface area (Å²) in [5, 5.41) is 16.6. The highest BCUT2D eigenvalue weighted by Gasteiger charge is 2.35. The van der Waals surface area contributed by atoms with Gasteiger partial charge in [0.2, 0.25) is 11.8 Å². The van der Waals surface area contributed by atoms with Gasteiger partial charge in [-0.2, -0.15) is 5.26 Å². The second kappa shape index (κ2) is 6.80. The third-order valence-corrected chi connectivity index (χ3v) is 4.68. The third kappa shape index (κ3) is 3.38. The number of benzene rings is 1. The van der Waals surface area contributed by atoms with Gasteiger partial charge < -0.3 is 15.2 Å². The van der Waals surface area contributed by atoms with Crippen molar-refractivity contribution in [2.75, 3.05) is 7.11 Å². The highest BCUT2D eigenvalue weighted by Crippen LogP contribution is 2.43. The van der Waals surface area contributed by atoms with Crippen LogP contribution in [0, 0.1) is 11.3 Å². The quantitative estimate of drug-likeness (QED) is 0.807. The van der Waals surface area contributed by atoms with Gasteiger partial charge in [-0.15, -0.1) is 5.10 Å². The van der Waals surface area contributed by atoms with Crippen LogP contribution in [0.5, 0.6) is 5.88 Å². The summed E-state index contributed by atoms with van der Waals surface area (Å²) in [5.74, 6) is -0.586. The molecule has 0 aliphatic carbocycles. The van der Waals surface area contributed by atoms with E-state index in [4.69, 9.17) is 15.2 Å². The number of nitrogens with one attached hydrogen (secondary N) is 1. The summed E-state index contributed by atoms with van der Waals surface area (Å²) in [6, 6.07) is 10.2. The number of esters is 1. The van der Waals surface area contributed by atoms with E-state index in [-0.39, 0.29) is 23.6 Å². The standard InChI is InChI=1S/C20H22N4O3/c1-20(2,3)12-7-5-11(6-8-12)16-13(10-21)18(22)27-19-17(16)14(23-24-19)9-15(25)26-4/h5-8,16H,9,22H2,1-4H3,(H,23,24)/t16-/m1/s1. The van der Waals surface area contributed by atoms with Crippen LogP contribution in [0.2, 0.25) is 0 Å². The summed E-state index contributed by atoms with van der Waals surface area (Å²) in [4.78, 5) is 11.8. The molecule has 3 rings (SSSR count). The van der Waals surface area contributed by atoms with E-state index in [1.165, 1.54) is 12.7 Å². The molecular formula is C20H22N4O3. The minimum atomic E-state index is -0.467. The zero-order valence-electron chi connectivity index (χ0n) is 15.8. The average Bonchev–Trinajstić information content (AvgIpc) is 3.01. The largest absolute Gasteiger partial charge is 0.469 e. The Balaban J connectivity index is 2.12. The van der Waals surface area contributed by atoms with Crippen LogP contribution in [0.4, 0.5) is 0 Å². The zero-order valence-corrected chi connectivity index (χ0v) is 15.8. The number of nitriles is 1. The van der Waals surface area contributed by atoms with Crippen molar-refractivity contribution < 1.29 is 14.3 Å². The number of methoxy groups -OCH3 is 1. The minimum Gasteiger partial charge on any atom is -0.469 e. The maximum absolute atomic E-state index is 11.8. The van der Waals surface area contributed by atoms with Gasteiger partial charge in [0.05, 0.1) is 30.7 Å². The zero-order chi connectivity index (χ0) is 19.8. The number of carbonyl (C=O) groups excluding carboxylic acids is 1. The van der Waals surface area contributed by atoms with Crippen LogP contribution in [0.25, 0.3) is 0 Å². The Labute approximate surface area is 157 Å². The SMILES string of the molecule is COC(=O)Cc1[nH]nc2c1[C@H](c1ccc(C(C)(C)C)cc1)C(C#N)=C(N)O2. The van der Waals surface area contributed by atoms with Gasteiger partial charge >= 0.3 is 5.97 Å². The third-order valence-electron chi connectivity index (χ3n) is 4.68. The topological polar surface area (TPSA) is 114 Å². The molecule has 7 heteroatoms. The predicted molar refractivity (Wildman–Crippen MR) is 98.7 cm³/mol. The fourth-order valence-corrected chi connectivity index (χ4v) is 3.17. The van der Waals surface area contributed by atoms with Crippen molar-refractivity contribution in [1.82, 2.24) is 10.2 Å². The molecule has 0 bridgehead atoms. The molecule has 140 valence electrons. The molecule has 2 heterocycles. The van der Waals surface area contributed by atoms with Crippen LogP contribution in [-0.2, 0) is 21.4 Å². The number of hydrogen-bond donors (Lipinski definition) is 2. The van der Waals surface area contributed by atoms with Gasteiger partial charge in [-0.1, -0.05) is 45.0 Å². The number of rotatable bonds is 3. The van der Waals surface area contributed by atoms with Crippen LogP contribution in [0.3, 0.4) is 0 Å². The molecule has 1 aromatic heterocycles. The van der Waals surface area contributed by atoms with E-state index in [1.807, 2.05) is 24.3 Å². The van der Waals surface area contributed by atoms with E-state index in [9.17, 15) is 10.1 Å². The molecule has 1 atom stereocenters. The summed E-state index contributed by atoms with van der Waals surface area (Å²) < 4.78 is 10.3. The first-order chi connectivity index (χ1) is 12.8. The van der Waals surface area contributed by atoms with Gasteiger partial charge in [0.1, 0.15) is 11.6 Å². The van der Waals surface area contributed by atoms with Crippen molar-refractivity contribution in [3.8, 4) is 11.9 Å². The molecule has 0 spiro atoms. The van der Waals surface area contributed by atoms with Gasteiger partial charge in [0.15, 0.2) is 0 Å². The van der Waals surface area contributed by atoms with E-state index in [0.717, 1.165) is 5.56 Å². The Morgan fingerprint density at radius 2 is 2.04 bits per heavy atom. The first-order valence-corrected chi connectivity index (χ1v) is 8.58. The number of nitrogens with two attached hydrogens (primary N) is 1. The molecule has 0 amide bonds. The molecular weight excluding hydrogens is 344 g/mol. The summed E-state index contributed by atoms with van der Waals surface area (Å²) in [7, 11) is 1.32. The number of aromatic nitrogens is 2. The summed E-state index contributed by atoms with van der Waals surface area (Å²) in [5.41, 5.74) is 9.49. The lowest BCUT2D eigenvalue weighted by Crippen LogP contribution is -2.22.